The molecule has 4 rings (SSSR count). The van der Waals surface area contributed by atoms with E-state index in [2.05, 4.69) is 11.1 Å². The van der Waals surface area contributed by atoms with Gasteiger partial charge in [0, 0.05) is 25.5 Å². The summed E-state index contributed by atoms with van der Waals surface area (Å²) in [5.41, 5.74) is 4.07. The van der Waals surface area contributed by atoms with Gasteiger partial charge < -0.3 is 0 Å². The highest BCUT2D eigenvalue weighted by Crippen LogP contribution is 2.34. The van der Waals surface area contributed by atoms with E-state index in [0.717, 1.165) is 26.9 Å². The molecule has 0 aliphatic carbocycles. The molecule has 0 radical (unpaired) electrons. The number of hydrogen-bond donors (Lipinski definition) is 0. The van der Waals surface area contributed by atoms with Crippen LogP contribution in [-0.4, -0.2) is 47.9 Å². The van der Waals surface area contributed by atoms with E-state index in [-0.39, 0.29) is 12.5 Å². The number of anilines is 1. The van der Waals surface area contributed by atoms with Crippen LogP contribution < -0.4 is 4.90 Å². The molecule has 1 aromatic carbocycles. The summed E-state index contributed by atoms with van der Waals surface area (Å²) in [5.74, 6) is -0.486. The maximum atomic E-state index is 13.7. The van der Waals surface area contributed by atoms with E-state index in [9.17, 15) is 13.2 Å². The fraction of sp³-hybridized carbons (Fsp3) is 0.409. The number of hydrogen-bond acceptors (Lipinski definition) is 6. The summed E-state index contributed by atoms with van der Waals surface area (Å²) in [6.45, 7) is 5.11. The highest BCUT2D eigenvalue weighted by molar-refractivity contribution is 7.88. The molecule has 7 nitrogen and oxygen atoms in total. The van der Waals surface area contributed by atoms with E-state index < -0.39 is 15.9 Å². The van der Waals surface area contributed by atoms with E-state index in [1.807, 2.05) is 32.0 Å². The summed E-state index contributed by atoms with van der Waals surface area (Å²) in [6.07, 6.45) is 5.98. The maximum Gasteiger partial charge on any atom is 0.233 e. The van der Waals surface area contributed by atoms with Crippen LogP contribution in [0.25, 0.3) is 10.2 Å². The summed E-state index contributed by atoms with van der Waals surface area (Å²) in [6, 6.07) is 7.88. The molecule has 1 amide bonds. The Hall–Kier alpha value is -2.36. The average molecular weight is 459 g/mol. The Labute approximate surface area is 186 Å². The first-order valence-electron chi connectivity index (χ1n) is 10.3. The summed E-state index contributed by atoms with van der Waals surface area (Å²) in [4.78, 5) is 24.4. The lowest BCUT2D eigenvalue weighted by atomic mass is 9.98. The van der Waals surface area contributed by atoms with Crippen molar-refractivity contribution in [3.05, 3.63) is 53.3 Å². The number of fused-ring (bicyclic) bond motifs is 1. The van der Waals surface area contributed by atoms with Crippen LogP contribution in [0.2, 0.25) is 0 Å². The number of sulfonamides is 1. The number of piperidine rings is 1. The molecule has 2 aromatic heterocycles. The first-order valence-corrected chi connectivity index (χ1v) is 12.9. The standard InChI is InChI=1S/C22H26N4O3S2/c1-15-8-9-19-20(16(15)2)24-22(30-19)26(13-17-6-4-10-23-12-17)21(27)18-7-5-11-25(14-18)31(3,28)29/h4,6,8-10,12,18H,5,7,11,13-14H2,1-3H3. The van der Waals surface area contributed by atoms with E-state index in [0.29, 0.717) is 31.1 Å². The van der Waals surface area contributed by atoms with Gasteiger partial charge in [-0.2, -0.15) is 0 Å². The number of aromatic nitrogens is 2. The summed E-state index contributed by atoms with van der Waals surface area (Å²) in [7, 11) is -3.33. The largest absolute Gasteiger partial charge is 0.283 e. The molecule has 0 N–H and O–H groups in total. The van der Waals surface area contributed by atoms with Gasteiger partial charge in [-0.15, -0.1) is 0 Å². The minimum Gasteiger partial charge on any atom is -0.283 e. The van der Waals surface area contributed by atoms with Crippen LogP contribution in [0.15, 0.2) is 36.7 Å². The quantitative estimate of drug-likeness (QED) is 0.584. The SMILES string of the molecule is Cc1ccc2sc(N(Cc3cccnc3)C(=O)C3CCCN(S(C)(=O)=O)C3)nc2c1C. The molecule has 1 unspecified atom stereocenters. The molecule has 1 saturated heterocycles. The second-order valence-corrected chi connectivity index (χ2v) is 11.1. The molecule has 31 heavy (non-hydrogen) atoms. The van der Waals surface area contributed by atoms with Gasteiger partial charge in [0.05, 0.1) is 28.9 Å². The monoisotopic (exact) mass is 458 g/mol. The van der Waals surface area contributed by atoms with Crippen molar-refractivity contribution in [1.29, 1.82) is 0 Å². The number of rotatable bonds is 5. The zero-order valence-electron chi connectivity index (χ0n) is 17.9. The molecular formula is C22H26N4O3S2. The normalized spacial score (nSPS) is 17.7. The molecule has 164 valence electrons. The van der Waals surface area contributed by atoms with Crippen LogP contribution in [0.3, 0.4) is 0 Å². The number of aryl methyl sites for hydroxylation is 2. The summed E-state index contributed by atoms with van der Waals surface area (Å²) < 4.78 is 26.6. The predicted molar refractivity (Wildman–Crippen MR) is 124 cm³/mol. The summed E-state index contributed by atoms with van der Waals surface area (Å²) in [5, 5.41) is 0.633. The lowest BCUT2D eigenvalue weighted by molar-refractivity contribution is -0.123. The molecule has 1 aliphatic rings. The van der Waals surface area contributed by atoms with Crippen molar-refractivity contribution in [3.8, 4) is 0 Å². The maximum absolute atomic E-state index is 13.7. The van der Waals surface area contributed by atoms with Crippen molar-refractivity contribution in [2.24, 2.45) is 5.92 Å². The van der Waals surface area contributed by atoms with Gasteiger partial charge in [0.25, 0.3) is 0 Å². The molecule has 0 saturated carbocycles. The van der Waals surface area contributed by atoms with Gasteiger partial charge in [0.1, 0.15) is 0 Å². The number of carbonyl (C=O) groups excluding carboxylic acids is 1. The molecule has 3 heterocycles. The Bertz CT molecular complexity index is 1210. The minimum absolute atomic E-state index is 0.0920. The van der Waals surface area contributed by atoms with Gasteiger partial charge in [-0.05, 0) is 55.5 Å². The van der Waals surface area contributed by atoms with Gasteiger partial charge in [-0.1, -0.05) is 23.5 Å². The highest BCUT2D eigenvalue weighted by Gasteiger charge is 2.34. The number of carbonyl (C=O) groups is 1. The van der Waals surface area contributed by atoms with Crippen molar-refractivity contribution in [1.82, 2.24) is 14.3 Å². The van der Waals surface area contributed by atoms with Crippen molar-refractivity contribution >= 4 is 42.6 Å². The topological polar surface area (TPSA) is 83.5 Å². The van der Waals surface area contributed by atoms with Gasteiger partial charge in [0.15, 0.2) is 5.13 Å². The second-order valence-electron chi connectivity index (χ2n) is 8.10. The van der Waals surface area contributed by atoms with Crippen LogP contribution >= 0.6 is 11.3 Å². The third-order valence-corrected chi connectivity index (χ3v) is 8.15. The average Bonchev–Trinajstić information content (AvgIpc) is 3.19. The molecular weight excluding hydrogens is 432 g/mol. The number of thiazole rings is 1. The molecule has 0 spiro atoms. The van der Waals surface area contributed by atoms with Gasteiger partial charge >= 0.3 is 0 Å². The van der Waals surface area contributed by atoms with Crippen molar-refractivity contribution < 1.29 is 13.2 Å². The highest BCUT2D eigenvalue weighted by atomic mass is 32.2. The van der Waals surface area contributed by atoms with Gasteiger partial charge in [-0.3, -0.25) is 14.7 Å². The predicted octanol–water partition coefficient (Wildman–Crippen LogP) is 3.51. The fourth-order valence-corrected chi connectivity index (χ4v) is 5.85. The fourth-order valence-electron chi connectivity index (χ4n) is 3.91. The first kappa shape index (κ1) is 21.9. The molecule has 9 heteroatoms. The van der Waals surface area contributed by atoms with Crippen LogP contribution in [0.4, 0.5) is 5.13 Å². The number of amides is 1. The van der Waals surface area contributed by atoms with E-state index in [4.69, 9.17) is 4.98 Å². The Morgan fingerprint density at radius 1 is 1.29 bits per heavy atom. The molecule has 0 bridgehead atoms. The van der Waals surface area contributed by atoms with E-state index >= 15 is 0 Å². The third kappa shape index (κ3) is 4.63. The number of nitrogens with zero attached hydrogens (tertiary/aromatic N) is 4. The van der Waals surface area contributed by atoms with Crippen molar-refractivity contribution in [3.63, 3.8) is 0 Å². The van der Waals surface area contributed by atoms with Crippen molar-refractivity contribution in [2.75, 3.05) is 24.2 Å². The lowest BCUT2D eigenvalue weighted by Crippen LogP contribution is -2.46. The van der Waals surface area contributed by atoms with Gasteiger partial charge in [0.2, 0.25) is 15.9 Å². The number of pyridine rings is 1. The summed E-state index contributed by atoms with van der Waals surface area (Å²) >= 11 is 1.49. The zero-order chi connectivity index (χ0) is 22.2. The van der Waals surface area contributed by atoms with Crippen LogP contribution in [-0.2, 0) is 21.4 Å². The van der Waals surface area contributed by atoms with Crippen LogP contribution in [0, 0.1) is 19.8 Å². The Kier molecular flexibility index (Phi) is 6.09. The second kappa shape index (κ2) is 8.64. The minimum atomic E-state index is -3.33. The van der Waals surface area contributed by atoms with Crippen LogP contribution in [0.5, 0.6) is 0 Å². The Morgan fingerprint density at radius 2 is 2.10 bits per heavy atom. The number of benzene rings is 1. The zero-order valence-corrected chi connectivity index (χ0v) is 19.5. The molecule has 1 aliphatic heterocycles. The smallest absolute Gasteiger partial charge is 0.233 e. The third-order valence-electron chi connectivity index (χ3n) is 5.84. The van der Waals surface area contributed by atoms with E-state index in [1.54, 1.807) is 17.3 Å². The first-order chi connectivity index (χ1) is 14.7. The Morgan fingerprint density at radius 3 is 2.81 bits per heavy atom. The van der Waals surface area contributed by atoms with Crippen molar-refractivity contribution in [2.45, 2.75) is 33.2 Å². The molecule has 1 atom stereocenters. The van der Waals surface area contributed by atoms with E-state index in [1.165, 1.54) is 21.9 Å². The lowest BCUT2D eigenvalue weighted by Gasteiger charge is -2.33. The Balaban J connectivity index is 1.71. The van der Waals surface area contributed by atoms with Gasteiger partial charge in [-0.25, -0.2) is 17.7 Å². The van der Waals surface area contributed by atoms with Crippen LogP contribution in [0.1, 0.15) is 29.5 Å². The molecule has 3 aromatic rings. The molecule has 1 fully saturated rings.